The molecular weight excluding hydrogens is 188 g/mol. The molecule has 0 aromatic carbocycles. The molecule has 0 spiro atoms. The number of nitrogens with two attached hydrogens (primary N) is 1. The highest BCUT2D eigenvalue weighted by Crippen LogP contribution is 2.05. The summed E-state index contributed by atoms with van der Waals surface area (Å²) in [5, 5.41) is 3.27. The molecular formula is C11H20N4. The Hall–Kier alpha value is -1.16. The van der Waals surface area contributed by atoms with Gasteiger partial charge in [-0.15, -0.1) is 0 Å². The Morgan fingerprint density at radius 1 is 1.47 bits per heavy atom. The van der Waals surface area contributed by atoms with Crippen LogP contribution in [0.1, 0.15) is 25.5 Å². The quantitative estimate of drug-likeness (QED) is 0.697. The summed E-state index contributed by atoms with van der Waals surface area (Å²) in [4.78, 5) is 8.17. The molecule has 4 heteroatoms. The molecule has 0 fully saturated rings. The molecule has 0 saturated carbocycles. The van der Waals surface area contributed by atoms with Crippen LogP contribution in [0.15, 0.2) is 12.4 Å². The number of nitrogens with zero attached hydrogens (tertiary/aromatic N) is 2. The van der Waals surface area contributed by atoms with Crippen molar-refractivity contribution < 1.29 is 0 Å². The fraction of sp³-hybridized carbons (Fsp3) is 0.636. The fourth-order valence-electron chi connectivity index (χ4n) is 1.34. The monoisotopic (exact) mass is 208 g/mol. The average Bonchev–Trinajstić information content (AvgIpc) is 2.24. The standard InChI is InChI=1S/C11H20N4/c1-9(7-12)4-3-5-13-11-6-10(2)14-8-15-11/h6,8-9H,3-5,7,12H2,1-2H3,(H,13,14,15). The SMILES string of the molecule is Cc1cc(NCCCC(C)CN)ncn1. The molecule has 3 N–H and O–H groups in total. The second-order valence-corrected chi connectivity index (χ2v) is 3.95. The molecule has 0 aliphatic rings. The second-order valence-electron chi connectivity index (χ2n) is 3.95. The van der Waals surface area contributed by atoms with Crippen LogP contribution in [0.5, 0.6) is 0 Å². The molecule has 4 nitrogen and oxygen atoms in total. The van der Waals surface area contributed by atoms with Gasteiger partial charge < -0.3 is 11.1 Å². The lowest BCUT2D eigenvalue weighted by Crippen LogP contribution is -2.12. The van der Waals surface area contributed by atoms with Crippen LogP contribution < -0.4 is 11.1 Å². The number of hydrogen-bond acceptors (Lipinski definition) is 4. The van der Waals surface area contributed by atoms with Gasteiger partial charge in [0.15, 0.2) is 0 Å². The van der Waals surface area contributed by atoms with Gasteiger partial charge in [-0.05, 0) is 32.2 Å². The maximum atomic E-state index is 5.54. The van der Waals surface area contributed by atoms with Gasteiger partial charge >= 0.3 is 0 Å². The zero-order valence-electron chi connectivity index (χ0n) is 9.53. The smallest absolute Gasteiger partial charge is 0.129 e. The maximum absolute atomic E-state index is 5.54. The van der Waals surface area contributed by atoms with Crippen LogP contribution in [0, 0.1) is 12.8 Å². The molecule has 0 radical (unpaired) electrons. The Morgan fingerprint density at radius 3 is 2.93 bits per heavy atom. The summed E-state index contributed by atoms with van der Waals surface area (Å²) in [6, 6.07) is 1.95. The van der Waals surface area contributed by atoms with Crippen molar-refractivity contribution in [3.63, 3.8) is 0 Å². The molecule has 1 atom stereocenters. The van der Waals surface area contributed by atoms with E-state index >= 15 is 0 Å². The third-order valence-corrected chi connectivity index (χ3v) is 2.39. The Morgan fingerprint density at radius 2 is 2.27 bits per heavy atom. The molecule has 1 unspecified atom stereocenters. The van der Waals surface area contributed by atoms with Gasteiger partial charge in [-0.25, -0.2) is 9.97 Å². The van der Waals surface area contributed by atoms with E-state index in [1.807, 2.05) is 13.0 Å². The van der Waals surface area contributed by atoms with E-state index in [0.29, 0.717) is 5.92 Å². The van der Waals surface area contributed by atoms with Crippen LogP contribution in [-0.4, -0.2) is 23.1 Å². The predicted molar refractivity (Wildman–Crippen MR) is 62.7 cm³/mol. The fourth-order valence-corrected chi connectivity index (χ4v) is 1.34. The minimum atomic E-state index is 0.610. The topological polar surface area (TPSA) is 63.8 Å². The van der Waals surface area contributed by atoms with Gasteiger partial charge in [-0.1, -0.05) is 6.92 Å². The first kappa shape index (κ1) is 11.9. The van der Waals surface area contributed by atoms with E-state index < -0.39 is 0 Å². The van der Waals surface area contributed by atoms with Gasteiger partial charge in [-0.2, -0.15) is 0 Å². The predicted octanol–water partition coefficient (Wildman–Crippen LogP) is 1.57. The number of aryl methyl sites for hydroxylation is 1. The Kier molecular flexibility index (Phi) is 5.04. The van der Waals surface area contributed by atoms with Crippen LogP contribution in [0.25, 0.3) is 0 Å². The molecule has 0 aliphatic carbocycles. The molecule has 0 amide bonds. The van der Waals surface area contributed by atoms with E-state index in [1.165, 1.54) is 0 Å². The first-order valence-corrected chi connectivity index (χ1v) is 5.45. The third kappa shape index (κ3) is 4.74. The Labute approximate surface area is 91.3 Å². The van der Waals surface area contributed by atoms with Gasteiger partial charge in [0.25, 0.3) is 0 Å². The molecule has 0 aliphatic heterocycles. The van der Waals surface area contributed by atoms with E-state index in [0.717, 1.165) is 37.4 Å². The van der Waals surface area contributed by atoms with Crippen molar-refractivity contribution in [3.8, 4) is 0 Å². The summed E-state index contributed by atoms with van der Waals surface area (Å²) in [5.41, 5.74) is 6.53. The van der Waals surface area contributed by atoms with Gasteiger partial charge in [-0.3, -0.25) is 0 Å². The van der Waals surface area contributed by atoms with Crippen LogP contribution in [0.2, 0.25) is 0 Å². The Bertz CT molecular complexity index is 288. The first-order valence-electron chi connectivity index (χ1n) is 5.45. The summed E-state index contributed by atoms with van der Waals surface area (Å²) in [6.07, 6.45) is 3.87. The third-order valence-electron chi connectivity index (χ3n) is 2.39. The van der Waals surface area contributed by atoms with Crippen LogP contribution in [0.4, 0.5) is 5.82 Å². The zero-order valence-corrected chi connectivity index (χ0v) is 9.53. The molecule has 1 heterocycles. The van der Waals surface area contributed by atoms with Crippen molar-refractivity contribution in [2.24, 2.45) is 11.7 Å². The summed E-state index contributed by atoms with van der Waals surface area (Å²) in [5.74, 6) is 1.52. The molecule has 1 rings (SSSR count). The lowest BCUT2D eigenvalue weighted by molar-refractivity contribution is 0.529. The van der Waals surface area contributed by atoms with Gasteiger partial charge in [0.1, 0.15) is 12.1 Å². The summed E-state index contributed by atoms with van der Waals surface area (Å²) in [7, 11) is 0. The van der Waals surface area contributed by atoms with Gasteiger partial charge in [0, 0.05) is 18.3 Å². The molecule has 0 bridgehead atoms. The van der Waals surface area contributed by atoms with E-state index in [2.05, 4.69) is 22.2 Å². The number of nitrogens with one attached hydrogen (secondary N) is 1. The highest BCUT2D eigenvalue weighted by molar-refractivity contribution is 5.33. The molecule has 84 valence electrons. The Balaban J connectivity index is 2.20. The van der Waals surface area contributed by atoms with Crippen LogP contribution in [0.3, 0.4) is 0 Å². The number of anilines is 1. The van der Waals surface area contributed by atoms with Crippen molar-refractivity contribution in [1.29, 1.82) is 0 Å². The van der Waals surface area contributed by atoms with Gasteiger partial charge in [0.2, 0.25) is 0 Å². The number of aromatic nitrogens is 2. The summed E-state index contributed by atoms with van der Waals surface area (Å²) in [6.45, 7) is 5.85. The summed E-state index contributed by atoms with van der Waals surface area (Å²) >= 11 is 0. The maximum Gasteiger partial charge on any atom is 0.129 e. The molecule has 0 saturated heterocycles. The van der Waals surface area contributed by atoms with Crippen LogP contribution >= 0.6 is 0 Å². The minimum absolute atomic E-state index is 0.610. The number of hydrogen-bond donors (Lipinski definition) is 2. The summed E-state index contributed by atoms with van der Waals surface area (Å²) < 4.78 is 0. The van der Waals surface area contributed by atoms with Crippen molar-refractivity contribution in [2.45, 2.75) is 26.7 Å². The van der Waals surface area contributed by atoms with E-state index in [4.69, 9.17) is 5.73 Å². The largest absolute Gasteiger partial charge is 0.370 e. The highest BCUT2D eigenvalue weighted by Gasteiger charge is 1.99. The van der Waals surface area contributed by atoms with Crippen molar-refractivity contribution >= 4 is 5.82 Å². The lowest BCUT2D eigenvalue weighted by Gasteiger charge is -2.09. The van der Waals surface area contributed by atoms with E-state index in [9.17, 15) is 0 Å². The van der Waals surface area contributed by atoms with Crippen LogP contribution in [-0.2, 0) is 0 Å². The minimum Gasteiger partial charge on any atom is -0.370 e. The number of rotatable bonds is 6. The molecule has 1 aromatic rings. The van der Waals surface area contributed by atoms with Crippen molar-refractivity contribution in [1.82, 2.24) is 9.97 Å². The average molecular weight is 208 g/mol. The van der Waals surface area contributed by atoms with Gasteiger partial charge in [0.05, 0.1) is 0 Å². The molecule has 15 heavy (non-hydrogen) atoms. The second kappa shape index (κ2) is 6.35. The first-order chi connectivity index (χ1) is 7.22. The molecule has 1 aromatic heterocycles. The van der Waals surface area contributed by atoms with Crippen molar-refractivity contribution in [3.05, 3.63) is 18.1 Å². The normalized spacial score (nSPS) is 12.5. The van der Waals surface area contributed by atoms with E-state index in [1.54, 1.807) is 6.33 Å². The lowest BCUT2D eigenvalue weighted by atomic mass is 10.1. The van der Waals surface area contributed by atoms with Crippen molar-refractivity contribution in [2.75, 3.05) is 18.4 Å². The zero-order chi connectivity index (χ0) is 11.1. The highest BCUT2D eigenvalue weighted by atomic mass is 15.0. The van der Waals surface area contributed by atoms with E-state index in [-0.39, 0.29) is 0 Å².